The van der Waals surface area contributed by atoms with Crippen LogP contribution in [0.1, 0.15) is 12.8 Å². The maximum Gasteiger partial charge on any atom is 0.245 e. The van der Waals surface area contributed by atoms with Gasteiger partial charge in [-0.25, -0.2) is 17.5 Å². The molecule has 1 unspecified atom stereocenters. The maximum atomic E-state index is 13.5. The Labute approximate surface area is 123 Å². The van der Waals surface area contributed by atoms with Crippen LogP contribution in [0.3, 0.4) is 0 Å². The Morgan fingerprint density at radius 1 is 1.47 bits per heavy atom. The van der Waals surface area contributed by atoms with Crippen molar-refractivity contribution >= 4 is 34.0 Å². The molecule has 0 radical (unpaired) electrons. The molecule has 0 bridgehead atoms. The van der Waals surface area contributed by atoms with Crippen LogP contribution in [-0.4, -0.2) is 21.0 Å². The van der Waals surface area contributed by atoms with Crippen LogP contribution in [0.4, 0.5) is 4.39 Å². The normalized spacial score (nSPS) is 16.8. The molecule has 0 aliphatic heterocycles. The predicted molar refractivity (Wildman–Crippen MR) is 74.5 cm³/mol. The van der Waals surface area contributed by atoms with Gasteiger partial charge in [-0.1, -0.05) is 17.7 Å². The Hall–Kier alpha value is -0.400. The first kappa shape index (κ1) is 16.7. The molecule has 1 fully saturated rings. The highest BCUT2D eigenvalue weighted by Crippen LogP contribution is 2.31. The van der Waals surface area contributed by atoms with Crippen LogP contribution in [0, 0.1) is 11.7 Å². The quantitative estimate of drug-likeness (QED) is 0.867. The molecule has 19 heavy (non-hydrogen) atoms. The molecule has 1 atom stereocenters. The Morgan fingerprint density at radius 3 is 2.63 bits per heavy atom. The van der Waals surface area contributed by atoms with E-state index >= 15 is 0 Å². The topological polar surface area (TPSA) is 72.2 Å². The average Bonchev–Trinajstić information content (AvgIpc) is 3.09. The van der Waals surface area contributed by atoms with Gasteiger partial charge >= 0.3 is 0 Å². The Morgan fingerprint density at radius 2 is 2.11 bits per heavy atom. The number of hydrogen-bond acceptors (Lipinski definition) is 3. The van der Waals surface area contributed by atoms with Crippen molar-refractivity contribution < 1.29 is 12.8 Å². The minimum atomic E-state index is -3.96. The van der Waals surface area contributed by atoms with Crippen LogP contribution in [-0.2, 0) is 10.0 Å². The highest BCUT2D eigenvalue weighted by Gasteiger charge is 2.30. The summed E-state index contributed by atoms with van der Waals surface area (Å²) in [6.45, 7) is 0.0949. The monoisotopic (exact) mass is 328 g/mol. The fraction of sp³-hybridized carbons (Fsp3) is 0.455. The lowest BCUT2D eigenvalue weighted by molar-refractivity contribution is 0.536. The second-order valence-corrected chi connectivity index (χ2v) is 6.51. The van der Waals surface area contributed by atoms with Gasteiger partial charge in [0.2, 0.25) is 10.0 Å². The first-order chi connectivity index (χ1) is 8.42. The van der Waals surface area contributed by atoms with Crippen LogP contribution in [0.25, 0.3) is 0 Å². The number of rotatable bonds is 5. The van der Waals surface area contributed by atoms with E-state index in [0.29, 0.717) is 5.92 Å². The molecule has 0 aromatic heterocycles. The van der Waals surface area contributed by atoms with Gasteiger partial charge in [0.25, 0.3) is 0 Å². The number of benzene rings is 1. The smallest absolute Gasteiger partial charge is 0.245 e. The lowest BCUT2D eigenvalue weighted by Crippen LogP contribution is -2.38. The summed E-state index contributed by atoms with van der Waals surface area (Å²) in [4.78, 5) is -0.519. The molecule has 1 aliphatic rings. The Kier molecular flexibility index (Phi) is 5.58. The molecular weight excluding hydrogens is 314 g/mol. The fourth-order valence-corrected chi connectivity index (χ4v) is 3.38. The molecule has 8 heteroatoms. The molecule has 0 amide bonds. The zero-order chi connectivity index (χ0) is 13.3. The molecule has 1 saturated carbocycles. The molecule has 0 spiro atoms. The van der Waals surface area contributed by atoms with E-state index in [9.17, 15) is 12.8 Å². The summed E-state index contributed by atoms with van der Waals surface area (Å²) < 4.78 is 39.7. The summed E-state index contributed by atoms with van der Waals surface area (Å²) in [5, 5.41) is -0.137. The first-order valence-corrected chi connectivity index (χ1v) is 7.47. The van der Waals surface area contributed by atoms with Crippen LogP contribution >= 0.6 is 24.0 Å². The van der Waals surface area contributed by atoms with Crippen molar-refractivity contribution in [3.63, 3.8) is 0 Å². The third kappa shape index (κ3) is 4.03. The SMILES string of the molecule is Cl.NC(CNS(=O)(=O)c1c(F)cccc1Cl)C1CC1. The van der Waals surface area contributed by atoms with E-state index in [0.717, 1.165) is 18.9 Å². The molecule has 1 aromatic rings. The Bertz CT molecular complexity index is 529. The van der Waals surface area contributed by atoms with Gasteiger partial charge in [-0.2, -0.15) is 0 Å². The maximum absolute atomic E-state index is 13.5. The van der Waals surface area contributed by atoms with E-state index in [2.05, 4.69) is 4.72 Å². The van der Waals surface area contributed by atoms with E-state index < -0.39 is 20.7 Å². The lowest BCUT2D eigenvalue weighted by atomic mass is 10.2. The van der Waals surface area contributed by atoms with Crippen LogP contribution in [0.15, 0.2) is 23.1 Å². The number of nitrogens with one attached hydrogen (secondary N) is 1. The second-order valence-electron chi connectivity index (χ2n) is 4.40. The molecule has 2 rings (SSSR count). The molecule has 3 N–H and O–H groups in total. The third-order valence-corrected chi connectivity index (χ3v) is 4.85. The van der Waals surface area contributed by atoms with Crippen molar-refractivity contribution in [2.24, 2.45) is 11.7 Å². The van der Waals surface area contributed by atoms with E-state index in [1.165, 1.54) is 12.1 Å². The minimum absolute atomic E-state index is 0. The number of nitrogens with two attached hydrogens (primary N) is 1. The number of hydrogen-bond donors (Lipinski definition) is 2. The van der Waals surface area contributed by atoms with Gasteiger partial charge in [-0.05, 0) is 30.9 Å². The average molecular weight is 329 g/mol. The van der Waals surface area contributed by atoms with E-state index in [4.69, 9.17) is 17.3 Å². The van der Waals surface area contributed by atoms with E-state index in [-0.39, 0.29) is 30.0 Å². The van der Waals surface area contributed by atoms with Crippen molar-refractivity contribution in [1.82, 2.24) is 4.72 Å². The van der Waals surface area contributed by atoms with E-state index in [1.54, 1.807) is 0 Å². The highest BCUT2D eigenvalue weighted by molar-refractivity contribution is 7.89. The van der Waals surface area contributed by atoms with Crippen LogP contribution < -0.4 is 10.5 Å². The largest absolute Gasteiger partial charge is 0.326 e. The van der Waals surface area contributed by atoms with Crippen molar-refractivity contribution in [2.45, 2.75) is 23.8 Å². The van der Waals surface area contributed by atoms with Gasteiger partial charge in [0.1, 0.15) is 10.7 Å². The van der Waals surface area contributed by atoms with Crippen LogP contribution in [0.2, 0.25) is 5.02 Å². The predicted octanol–water partition coefficient (Wildman–Crippen LogP) is 1.92. The summed E-state index contributed by atoms with van der Waals surface area (Å²) in [6, 6.07) is 3.51. The van der Waals surface area contributed by atoms with Gasteiger partial charge in [-0.3, -0.25) is 0 Å². The molecule has 0 heterocycles. The lowest BCUT2D eigenvalue weighted by Gasteiger charge is -2.13. The summed E-state index contributed by atoms with van der Waals surface area (Å²) >= 11 is 5.71. The van der Waals surface area contributed by atoms with Gasteiger partial charge in [0.05, 0.1) is 5.02 Å². The first-order valence-electron chi connectivity index (χ1n) is 5.61. The third-order valence-electron chi connectivity index (χ3n) is 2.92. The van der Waals surface area contributed by atoms with Crippen molar-refractivity contribution in [3.8, 4) is 0 Å². The molecule has 1 aromatic carbocycles. The zero-order valence-corrected chi connectivity index (χ0v) is 12.4. The summed E-state index contributed by atoms with van der Waals surface area (Å²) in [6.07, 6.45) is 2.03. The van der Waals surface area contributed by atoms with Crippen molar-refractivity contribution in [2.75, 3.05) is 6.54 Å². The molecule has 4 nitrogen and oxygen atoms in total. The molecule has 0 saturated heterocycles. The standard InChI is InChI=1S/C11H14ClFN2O2S.ClH/c12-8-2-1-3-9(13)11(8)18(16,17)15-6-10(14)7-4-5-7;/h1-3,7,10,15H,4-6,14H2;1H. The molecule has 1 aliphatic carbocycles. The summed E-state index contributed by atoms with van der Waals surface area (Å²) in [5.41, 5.74) is 5.79. The molecular formula is C11H15Cl2FN2O2S. The summed E-state index contributed by atoms with van der Waals surface area (Å²) in [5.74, 6) is -0.501. The summed E-state index contributed by atoms with van der Waals surface area (Å²) in [7, 11) is -3.96. The van der Waals surface area contributed by atoms with E-state index in [1.807, 2.05) is 0 Å². The zero-order valence-electron chi connectivity index (χ0n) is 9.97. The van der Waals surface area contributed by atoms with Crippen molar-refractivity contribution in [3.05, 3.63) is 29.0 Å². The highest BCUT2D eigenvalue weighted by atomic mass is 35.5. The molecule has 108 valence electrons. The minimum Gasteiger partial charge on any atom is -0.326 e. The number of halogens is 3. The van der Waals surface area contributed by atoms with Gasteiger partial charge in [0.15, 0.2) is 0 Å². The van der Waals surface area contributed by atoms with Crippen LogP contribution in [0.5, 0.6) is 0 Å². The second kappa shape index (κ2) is 6.37. The fourth-order valence-electron chi connectivity index (χ4n) is 1.71. The van der Waals surface area contributed by atoms with Gasteiger partial charge in [0, 0.05) is 12.6 Å². The van der Waals surface area contributed by atoms with Gasteiger partial charge < -0.3 is 5.73 Å². The van der Waals surface area contributed by atoms with Crippen molar-refractivity contribution in [1.29, 1.82) is 0 Å². The Balaban J connectivity index is 0.00000180. The number of sulfonamides is 1. The van der Waals surface area contributed by atoms with Gasteiger partial charge in [-0.15, -0.1) is 12.4 Å².